The largest absolute Gasteiger partial charge is 0.454 e. The summed E-state index contributed by atoms with van der Waals surface area (Å²) in [7, 11) is 0. The van der Waals surface area contributed by atoms with Crippen LogP contribution in [0.4, 0.5) is 10.5 Å². The van der Waals surface area contributed by atoms with Crippen molar-refractivity contribution in [3.63, 3.8) is 0 Å². The lowest BCUT2D eigenvalue weighted by atomic mass is 10.0. The zero-order valence-corrected chi connectivity index (χ0v) is 17.6. The lowest BCUT2D eigenvalue weighted by Gasteiger charge is -2.21. The molecule has 0 fully saturated rings. The monoisotopic (exact) mass is 411 g/mol. The van der Waals surface area contributed by atoms with Crippen molar-refractivity contribution in [2.75, 3.05) is 18.5 Å². The number of carbonyl (C=O) groups is 3. The van der Waals surface area contributed by atoms with Crippen LogP contribution < -0.4 is 16.0 Å². The van der Waals surface area contributed by atoms with E-state index in [0.717, 1.165) is 5.56 Å². The summed E-state index contributed by atoms with van der Waals surface area (Å²) < 4.78 is 5.12. The number of carbonyl (C=O) groups excluding carboxylic acids is 3. The molecule has 3 N–H and O–H groups in total. The summed E-state index contributed by atoms with van der Waals surface area (Å²) >= 11 is 0. The zero-order valence-electron chi connectivity index (χ0n) is 17.6. The van der Waals surface area contributed by atoms with Crippen molar-refractivity contribution in [3.8, 4) is 0 Å². The molecule has 2 aromatic carbocycles. The molecule has 0 bridgehead atoms. The van der Waals surface area contributed by atoms with Crippen LogP contribution in [-0.4, -0.2) is 37.1 Å². The van der Waals surface area contributed by atoms with Crippen molar-refractivity contribution in [2.45, 2.75) is 32.7 Å². The van der Waals surface area contributed by atoms with Crippen LogP contribution in [0.3, 0.4) is 0 Å². The Bertz CT molecular complexity index is 825. The Balaban J connectivity index is 1.78. The van der Waals surface area contributed by atoms with E-state index in [1.807, 2.05) is 43.3 Å². The van der Waals surface area contributed by atoms with E-state index in [0.29, 0.717) is 12.2 Å². The van der Waals surface area contributed by atoms with E-state index in [1.165, 1.54) is 0 Å². The highest BCUT2D eigenvalue weighted by atomic mass is 16.5. The quantitative estimate of drug-likeness (QED) is 0.552. The Morgan fingerprint density at radius 3 is 2.10 bits per heavy atom. The number of amides is 3. The molecule has 0 radical (unpaired) electrons. The smallest absolute Gasteiger partial charge is 0.329 e. The van der Waals surface area contributed by atoms with Gasteiger partial charge in [-0.25, -0.2) is 9.59 Å². The van der Waals surface area contributed by atoms with Crippen molar-refractivity contribution in [1.29, 1.82) is 0 Å². The number of hydrogen-bond donors (Lipinski definition) is 3. The molecule has 2 rings (SSSR count). The van der Waals surface area contributed by atoms with Crippen molar-refractivity contribution in [1.82, 2.24) is 10.6 Å². The standard InChI is InChI=1S/C23H29N3O4/c1-16(2)21(26-23(29)25-19-12-8-5-9-13-19)22(28)30-15-20(27)24-14-17(3)18-10-6-4-7-11-18/h4-13,16-17,21H,14-15H2,1-3H3,(H,24,27)(H2,25,26,29)/t17-,21-/m1/s1. The first-order chi connectivity index (χ1) is 14.4. The van der Waals surface area contributed by atoms with E-state index >= 15 is 0 Å². The van der Waals surface area contributed by atoms with Gasteiger partial charge < -0.3 is 20.7 Å². The Hall–Kier alpha value is -3.35. The molecule has 7 heteroatoms. The number of nitrogens with one attached hydrogen (secondary N) is 3. The molecule has 0 aliphatic rings. The first-order valence-corrected chi connectivity index (χ1v) is 9.97. The van der Waals surface area contributed by atoms with Crippen LogP contribution in [0.25, 0.3) is 0 Å². The average molecular weight is 412 g/mol. The molecule has 160 valence electrons. The predicted molar refractivity (Wildman–Crippen MR) is 116 cm³/mol. The van der Waals surface area contributed by atoms with E-state index in [-0.39, 0.29) is 17.7 Å². The van der Waals surface area contributed by atoms with Gasteiger partial charge in [0.1, 0.15) is 6.04 Å². The Morgan fingerprint density at radius 1 is 0.900 bits per heavy atom. The van der Waals surface area contributed by atoms with E-state index in [2.05, 4.69) is 16.0 Å². The highest BCUT2D eigenvalue weighted by molar-refractivity contribution is 5.93. The summed E-state index contributed by atoms with van der Waals surface area (Å²) in [4.78, 5) is 36.6. The summed E-state index contributed by atoms with van der Waals surface area (Å²) in [6.07, 6.45) is 0. The van der Waals surface area contributed by atoms with Crippen LogP contribution in [0.2, 0.25) is 0 Å². The molecule has 7 nitrogen and oxygen atoms in total. The third-order valence-electron chi connectivity index (χ3n) is 4.56. The summed E-state index contributed by atoms with van der Waals surface area (Å²) in [5.41, 5.74) is 1.72. The van der Waals surface area contributed by atoms with Gasteiger partial charge >= 0.3 is 12.0 Å². The maximum atomic E-state index is 12.4. The highest BCUT2D eigenvalue weighted by Crippen LogP contribution is 2.13. The molecule has 0 aliphatic heterocycles. The van der Waals surface area contributed by atoms with Gasteiger partial charge in [-0.15, -0.1) is 0 Å². The Morgan fingerprint density at radius 2 is 1.50 bits per heavy atom. The molecule has 0 saturated carbocycles. The van der Waals surface area contributed by atoms with E-state index in [4.69, 9.17) is 4.74 Å². The second-order valence-electron chi connectivity index (χ2n) is 7.41. The van der Waals surface area contributed by atoms with Gasteiger partial charge in [-0.05, 0) is 29.5 Å². The molecule has 0 unspecified atom stereocenters. The minimum absolute atomic E-state index is 0.137. The van der Waals surface area contributed by atoms with Crippen LogP contribution in [0.1, 0.15) is 32.3 Å². The molecule has 0 spiro atoms. The maximum Gasteiger partial charge on any atom is 0.329 e. The zero-order chi connectivity index (χ0) is 21.9. The molecule has 30 heavy (non-hydrogen) atoms. The van der Waals surface area contributed by atoms with Crippen LogP contribution in [-0.2, 0) is 14.3 Å². The fraction of sp³-hybridized carbons (Fsp3) is 0.348. The summed E-state index contributed by atoms with van der Waals surface area (Å²) in [6.45, 7) is 5.62. The topological polar surface area (TPSA) is 96.5 Å². The number of anilines is 1. The first-order valence-electron chi connectivity index (χ1n) is 9.97. The van der Waals surface area contributed by atoms with Crippen molar-refractivity contribution >= 4 is 23.6 Å². The highest BCUT2D eigenvalue weighted by Gasteiger charge is 2.26. The van der Waals surface area contributed by atoms with Gasteiger partial charge in [0.25, 0.3) is 5.91 Å². The van der Waals surface area contributed by atoms with Crippen LogP contribution in [0.15, 0.2) is 60.7 Å². The van der Waals surface area contributed by atoms with Gasteiger partial charge in [0.15, 0.2) is 6.61 Å². The molecular weight excluding hydrogens is 382 g/mol. The summed E-state index contributed by atoms with van der Waals surface area (Å²) in [5.74, 6) is -1.11. The fourth-order valence-corrected chi connectivity index (χ4v) is 2.77. The van der Waals surface area contributed by atoms with Crippen molar-refractivity contribution < 1.29 is 19.1 Å². The predicted octanol–water partition coefficient (Wildman–Crippen LogP) is 3.30. The maximum absolute atomic E-state index is 12.4. The van der Waals surface area contributed by atoms with Crippen LogP contribution in [0.5, 0.6) is 0 Å². The van der Waals surface area contributed by atoms with Gasteiger partial charge in [0.05, 0.1) is 0 Å². The lowest BCUT2D eigenvalue weighted by molar-refractivity contribution is -0.151. The minimum atomic E-state index is -0.871. The van der Waals surface area contributed by atoms with E-state index in [1.54, 1.807) is 38.1 Å². The third kappa shape index (κ3) is 7.58. The number of urea groups is 1. The Labute approximate surface area is 177 Å². The number of esters is 1. The third-order valence-corrected chi connectivity index (χ3v) is 4.56. The molecule has 3 amide bonds. The molecule has 2 aromatic rings. The SMILES string of the molecule is CC(C)[C@@H](NC(=O)Nc1ccccc1)C(=O)OCC(=O)NC[C@@H](C)c1ccccc1. The number of rotatable bonds is 9. The molecule has 0 saturated heterocycles. The second-order valence-corrected chi connectivity index (χ2v) is 7.41. The Kier molecular flexibility index (Phi) is 8.87. The van der Waals surface area contributed by atoms with Crippen molar-refractivity contribution in [2.24, 2.45) is 5.92 Å². The van der Waals surface area contributed by atoms with Crippen LogP contribution >= 0.6 is 0 Å². The molecule has 0 aliphatic carbocycles. The summed E-state index contributed by atoms with van der Waals surface area (Å²) in [5, 5.41) is 8.02. The number of benzene rings is 2. The van der Waals surface area contributed by atoms with Gasteiger partial charge in [0.2, 0.25) is 0 Å². The second kappa shape index (κ2) is 11.6. The first kappa shape index (κ1) is 22.9. The molecular formula is C23H29N3O4. The van der Waals surface area contributed by atoms with E-state index in [9.17, 15) is 14.4 Å². The van der Waals surface area contributed by atoms with Crippen LogP contribution in [0, 0.1) is 5.92 Å². The number of ether oxygens (including phenoxy) is 1. The number of para-hydroxylation sites is 1. The number of hydrogen-bond acceptors (Lipinski definition) is 4. The van der Waals surface area contributed by atoms with Gasteiger partial charge in [-0.2, -0.15) is 0 Å². The summed E-state index contributed by atoms with van der Waals surface area (Å²) in [6, 6.07) is 17.3. The molecule has 0 aromatic heterocycles. The molecule has 0 heterocycles. The molecule has 2 atom stereocenters. The van der Waals surface area contributed by atoms with Gasteiger partial charge in [-0.3, -0.25) is 4.79 Å². The van der Waals surface area contributed by atoms with Crippen molar-refractivity contribution in [3.05, 3.63) is 66.2 Å². The normalized spacial score (nSPS) is 12.5. The van der Waals surface area contributed by atoms with Gasteiger partial charge in [0, 0.05) is 12.2 Å². The van der Waals surface area contributed by atoms with Gasteiger partial charge in [-0.1, -0.05) is 69.3 Å². The fourth-order valence-electron chi connectivity index (χ4n) is 2.77. The average Bonchev–Trinajstić information content (AvgIpc) is 2.75. The van der Waals surface area contributed by atoms with E-state index < -0.39 is 24.6 Å². The lowest BCUT2D eigenvalue weighted by Crippen LogP contribution is -2.47. The minimum Gasteiger partial charge on any atom is -0.454 e.